The highest BCUT2D eigenvalue weighted by molar-refractivity contribution is 6.01. The number of nitrogens with zero attached hydrogens (tertiary/aromatic N) is 2. The van der Waals surface area contributed by atoms with Gasteiger partial charge in [0.15, 0.2) is 0 Å². The number of amides is 2. The summed E-state index contributed by atoms with van der Waals surface area (Å²) in [5.74, 6) is -0.466. The highest BCUT2D eigenvalue weighted by Crippen LogP contribution is 2.31. The molecule has 0 unspecified atom stereocenters. The zero-order chi connectivity index (χ0) is 27.2. The van der Waals surface area contributed by atoms with E-state index in [1.165, 1.54) is 0 Å². The Balaban J connectivity index is 1.67. The summed E-state index contributed by atoms with van der Waals surface area (Å²) in [7, 11) is 1.81. The van der Waals surface area contributed by atoms with Crippen molar-refractivity contribution >= 4 is 11.8 Å². The lowest BCUT2D eigenvalue weighted by atomic mass is 9.94. The largest absolute Gasteiger partial charge is 0.394 e. The van der Waals surface area contributed by atoms with Gasteiger partial charge in [-0.3, -0.25) is 9.59 Å². The predicted molar refractivity (Wildman–Crippen MR) is 150 cm³/mol. The number of ether oxygens (including phenoxy) is 1. The second-order valence-electron chi connectivity index (χ2n) is 10.4. The Hall–Kier alpha value is -3.48. The van der Waals surface area contributed by atoms with Crippen molar-refractivity contribution in [2.75, 3.05) is 26.7 Å². The Morgan fingerprint density at radius 2 is 1.58 bits per heavy atom. The van der Waals surface area contributed by atoms with Crippen LogP contribution in [0, 0.1) is 5.92 Å². The molecule has 4 rings (SSSR count). The van der Waals surface area contributed by atoms with E-state index >= 15 is 0 Å². The molecule has 0 radical (unpaired) electrons. The molecule has 0 fully saturated rings. The number of hydrogen-bond donors (Lipinski definition) is 1. The summed E-state index contributed by atoms with van der Waals surface area (Å²) in [4.78, 5) is 30.7. The van der Waals surface area contributed by atoms with Crippen molar-refractivity contribution in [1.29, 1.82) is 0 Å². The van der Waals surface area contributed by atoms with Crippen LogP contribution in [0.1, 0.15) is 48.2 Å². The zero-order valence-corrected chi connectivity index (χ0v) is 22.7. The number of carbonyl (C=O) groups is 2. The molecule has 38 heavy (non-hydrogen) atoms. The molecule has 200 valence electrons. The molecule has 0 spiro atoms. The summed E-state index contributed by atoms with van der Waals surface area (Å²) in [5, 5.41) is 10.0. The third-order valence-electron chi connectivity index (χ3n) is 7.59. The molecule has 1 heterocycles. The van der Waals surface area contributed by atoms with Gasteiger partial charge in [0.25, 0.3) is 5.91 Å². The minimum atomic E-state index is -0.368. The lowest BCUT2D eigenvalue weighted by Gasteiger charge is -2.35. The molecule has 0 bridgehead atoms. The second-order valence-corrected chi connectivity index (χ2v) is 10.4. The maximum absolute atomic E-state index is 13.9. The molecule has 0 saturated carbocycles. The molecule has 6 nitrogen and oxygen atoms in total. The van der Waals surface area contributed by atoms with E-state index in [0.29, 0.717) is 25.3 Å². The van der Waals surface area contributed by atoms with Crippen molar-refractivity contribution in [2.24, 2.45) is 5.92 Å². The first-order valence-electron chi connectivity index (χ1n) is 13.3. The van der Waals surface area contributed by atoms with Crippen molar-refractivity contribution < 1.29 is 19.4 Å². The van der Waals surface area contributed by atoms with Crippen LogP contribution in [0.5, 0.6) is 0 Å². The number of hydrogen-bond acceptors (Lipinski definition) is 4. The van der Waals surface area contributed by atoms with E-state index < -0.39 is 0 Å². The van der Waals surface area contributed by atoms with Crippen LogP contribution in [0.2, 0.25) is 0 Å². The van der Waals surface area contributed by atoms with Crippen LogP contribution in [0.3, 0.4) is 0 Å². The van der Waals surface area contributed by atoms with Crippen molar-refractivity contribution in [1.82, 2.24) is 9.80 Å². The first-order chi connectivity index (χ1) is 18.3. The number of carbonyl (C=O) groups excluding carboxylic acids is 2. The summed E-state index contributed by atoms with van der Waals surface area (Å²) < 4.78 is 6.54. The highest BCUT2D eigenvalue weighted by Gasteiger charge is 2.32. The average molecular weight is 515 g/mol. The van der Waals surface area contributed by atoms with Gasteiger partial charge in [-0.05, 0) is 42.2 Å². The lowest BCUT2D eigenvalue weighted by molar-refractivity contribution is -0.134. The number of aliphatic hydroxyl groups excluding tert-OH is 1. The summed E-state index contributed by atoms with van der Waals surface area (Å²) in [5.41, 5.74) is 4.36. The Morgan fingerprint density at radius 1 is 0.974 bits per heavy atom. The number of aliphatic hydroxyl groups is 1. The van der Waals surface area contributed by atoms with Crippen LogP contribution in [0.4, 0.5) is 0 Å². The molecule has 0 aliphatic carbocycles. The molecule has 1 aliphatic heterocycles. The van der Waals surface area contributed by atoms with Gasteiger partial charge in [0.1, 0.15) is 0 Å². The molecule has 1 aliphatic rings. The molecular formula is C32H38N2O4. The Labute approximate surface area is 225 Å². The zero-order valence-electron chi connectivity index (χ0n) is 22.7. The molecule has 1 N–H and O–H groups in total. The van der Waals surface area contributed by atoms with Gasteiger partial charge in [-0.1, -0.05) is 79.7 Å². The third-order valence-corrected chi connectivity index (χ3v) is 7.59. The van der Waals surface area contributed by atoms with E-state index in [4.69, 9.17) is 4.74 Å². The van der Waals surface area contributed by atoms with Gasteiger partial charge in [-0.25, -0.2) is 0 Å². The van der Waals surface area contributed by atoms with Crippen LogP contribution < -0.4 is 0 Å². The van der Waals surface area contributed by atoms with Gasteiger partial charge in [0, 0.05) is 31.6 Å². The average Bonchev–Trinajstić information content (AvgIpc) is 2.97. The number of likely N-dealkylation sites (N-methyl/N-ethyl adjacent to an activating group) is 1. The third kappa shape index (κ3) is 5.98. The lowest BCUT2D eigenvalue weighted by Crippen LogP contribution is -2.48. The quantitative estimate of drug-likeness (QED) is 0.504. The van der Waals surface area contributed by atoms with Gasteiger partial charge in [-0.2, -0.15) is 0 Å². The van der Waals surface area contributed by atoms with Crippen LogP contribution >= 0.6 is 0 Å². The van der Waals surface area contributed by atoms with Crippen molar-refractivity contribution in [3.63, 3.8) is 0 Å². The first kappa shape index (κ1) is 27.6. The molecule has 3 aromatic carbocycles. The van der Waals surface area contributed by atoms with Crippen LogP contribution in [-0.2, 0) is 16.1 Å². The van der Waals surface area contributed by atoms with E-state index in [9.17, 15) is 14.7 Å². The highest BCUT2D eigenvalue weighted by atomic mass is 16.5. The SMILES string of the molecule is C[C@H](CO)N1C[C@H](C)[C@H](CN(C)C(=O)[C@H](C)c2ccccc2)OCc2ccccc2-c2ccccc2C1=O. The molecule has 0 aromatic heterocycles. The van der Waals surface area contributed by atoms with Gasteiger partial charge in [0.2, 0.25) is 5.91 Å². The number of fused-ring (bicyclic) bond motifs is 3. The van der Waals surface area contributed by atoms with Gasteiger partial charge in [0.05, 0.1) is 31.3 Å². The fourth-order valence-electron chi connectivity index (χ4n) is 5.13. The van der Waals surface area contributed by atoms with Crippen molar-refractivity contribution in [3.8, 4) is 11.1 Å². The normalized spacial score (nSPS) is 19.5. The summed E-state index contributed by atoms with van der Waals surface area (Å²) >= 11 is 0. The maximum Gasteiger partial charge on any atom is 0.254 e. The Morgan fingerprint density at radius 3 is 2.26 bits per heavy atom. The monoisotopic (exact) mass is 514 g/mol. The van der Waals surface area contributed by atoms with E-state index in [1.54, 1.807) is 9.80 Å². The minimum Gasteiger partial charge on any atom is -0.394 e. The summed E-state index contributed by atoms with van der Waals surface area (Å²) in [6, 6.07) is 25.0. The van der Waals surface area contributed by atoms with Gasteiger partial charge >= 0.3 is 0 Å². The summed E-state index contributed by atoms with van der Waals surface area (Å²) in [6.45, 7) is 6.83. The minimum absolute atomic E-state index is 0.0192. The standard InChI is InChI=1S/C32H38N2O4/c1-22-18-34(23(2)20-35)32(37)29-17-11-10-16-28(29)27-15-9-8-14-26(27)21-38-30(22)19-33(4)31(36)24(3)25-12-6-5-7-13-25/h5-17,22-24,30,35H,18-21H2,1-4H3/t22-,23+,24+,30-/m0/s1. The van der Waals surface area contributed by atoms with E-state index in [2.05, 4.69) is 0 Å². The molecule has 0 saturated heterocycles. The fraction of sp³-hybridized carbons (Fsp3) is 0.375. The number of benzene rings is 3. The van der Waals surface area contributed by atoms with Crippen LogP contribution in [0.25, 0.3) is 11.1 Å². The Kier molecular flexibility index (Phi) is 8.97. The van der Waals surface area contributed by atoms with E-state index in [0.717, 1.165) is 22.3 Å². The fourth-order valence-corrected chi connectivity index (χ4v) is 5.13. The first-order valence-corrected chi connectivity index (χ1v) is 13.3. The molecule has 6 heteroatoms. The molecule has 3 aromatic rings. The van der Waals surface area contributed by atoms with Gasteiger partial charge < -0.3 is 19.6 Å². The van der Waals surface area contributed by atoms with E-state index in [1.807, 2.05) is 107 Å². The van der Waals surface area contributed by atoms with Crippen molar-refractivity contribution in [2.45, 2.75) is 45.4 Å². The molecule has 2 amide bonds. The molecular weight excluding hydrogens is 476 g/mol. The number of rotatable bonds is 6. The predicted octanol–water partition coefficient (Wildman–Crippen LogP) is 4.97. The van der Waals surface area contributed by atoms with Crippen LogP contribution in [-0.4, -0.2) is 65.6 Å². The topological polar surface area (TPSA) is 70.1 Å². The van der Waals surface area contributed by atoms with Crippen molar-refractivity contribution in [3.05, 3.63) is 95.6 Å². The smallest absolute Gasteiger partial charge is 0.254 e. The van der Waals surface area contributed by atoms with Gasteiger partial charge in [-0.15, -0.1) is 0 Å². The maximum atomic E-state index is 13.9. The van der Waals surface area contributed by atoms with Crippen LogP contribution in [0.15, 0.2) is 78.9 Å². The second kappa shape index (κ2) is 12.4. The Bertz CT molecular complexity index is 1240. The summed E-state index contributed by atoms with van der Waals surface area (Å²) in [6.07, 6.45) is -0.317. The molecule has 4 atom stereocenters. The van der Waals surface area contributed by atoms with E-state index in [-0.39, 0.29) is 42.4 Å².